The molecule has 4 heteroatoms. The molecule has 1 aromatic heterocycles. The highest BCUT2D eigenvalue weighted by molar-refractivity contribution is 5.87. The molecule has 0 spiro atoms. The van der Waals surface area contributed by atoms with E-state index in [1.165, 1.54) is 19.3 Å². The zero-order chi connectivity index (χ0) is 11.3. The average molecular weight is 220 g/mol. The predicted octanol–water partition coefficient (Wildman–Crippen LogP) is 2.18. The summed E-state index contributed by atoms with van der Waals surface area (Å²) in [5.41, 5.74) is 2.33. The van der Waals surface area contributed by atoms with Crippen LogP contribution in [0.2, 0.25) is 0 Å². The van der Waals surface area contributed by atoms with E-state index in [9.17, 15) is 4.79 Å². The van der Waals surface area contributed by atoms with Crippen molar-refractivity contribution < 1.29 is 9.90 Å². The molecule has 1 heterocycles. The second-order valence-electron chi connectivity index (χ2n) is 4.97. The lowest BCUT2D eigenvalue weighted by Crippen LogP contribution is -2.02. The van der Waals surface area contributed by atoms with Gasteiger partial charge in [-0.2, -0.15) is 5.10 Å². The molecule has 1 unspecified atom stereocenters. The molecule has 0 saturated heterocycles. The Hall–Kier alpha value is -1.32. The van der Waals surface area contributed by atoms with E-state index < -0.39 is 5.97 Å². The van der Waals surface area contributed by atoms with Gasteiger partial charge in [-0.15, -0.1) is 0 Å². The Kier molecular flexibility index (Phi) is 2.06. The number of H-pyrrole nitrogens is 1. The highest BCUT2D eigenvalue weighted by Crippen LogP contribution is 2.63. The molecule has 0 bridgehead atoms. The first-order chi connectivity index (χ1) is 7.74. The van der Waals surface area contributed by atoms with E-state index in [4.69, 9.17) is 5.11 Å². The molecule has 3 rings (SSSR count). The van der Waals surface area contributed by atoms with Crippen molar-refractivity contribution in [3.63, 3.8) is 0 Å². The van der Waals surface area contributed by atoms with Crippen LogP contribution in [0.25, 0.3) is 0 Å². The monoisotopic (exact) mass is 220 g/mol. The summed E-state index contributed by atoms with van der Waals surface area (Å²) in [6.07, 6.45) is 4.73. The first-order valence-corrected chi connectivity index (χ1v) is 6.04. The van der Waals surface area contributed by atoms with Crippen LogP contribution in [0.1, 0.15) is 53.8 Å². The largest absolute Gasteiger partial charge is 0.476 e. The molecule has 0 radical (unpaired) electrons. The third-order valence-corrected chi connectivity index (χ3v) is 4.10. The zero-order valence-electron chi connectivity index (χ0n) is 9.36. The van der Waals surface area contributed by atoms with Gasteiger partial charge in [-0.25, -0.2) is 4.79 Å². The first kappa shape index (κ1) is 9.87. The standard InChI is InChI=1S/C12H16N2O2/c1-2-3-4-6-7-5-8-10(9(6)7)13-14-11(8)12(15)16/h6-7,9H,2-5H2,1H3,(H,13,14)(H,15,16)/t6?,7-,9+/m0/s1. The quantitative estimate of drug-likeness (QED) is 0.817. The van der Waals surface area contributed by atoms with E-state index in [-0.39, 0.29) is 5.69 Å². The number of rotatable bonds is 4. The van der Waals surface area contributed by atoms with Gasteiger partial charge in [0.25, 0.3) is 0 Å². The topological polar surface area (TPSA) is 66.0 Å². The van der Waals surface area contributed by atoms with E-state index in [1.807, 2.05) is 0 Å². The van der Waals surface area contributed by atoms with Crippen molar-refractivity contribution in [2.24, 2.45) is 11.8 Å². The van der Waals surface area contributed by atoms with Crippen molar-refractivity contribution in [3.05, 3.63) is 17.0 Å². The van der Waals surface area contributed by atoms with Gasteiger partial charge in [-0.1, -0.05) is 19.8 Å². The van der Waals surface area contributed by atoms with E-state index in [0.29, 0.717) is 11.8 Å². The van der Waals surface area contributed by atoms with Gasteiger partial charge in [0.2, 0.25) is 0 Å². The van der Waals surface area contributed by atoms with Crippen LogP contribution in [0.3, 0.4) is 0 Å². The lowest BCUT2D eigenvalue weighted by molar-refractivity contribution is 0.0689. The van der Waals surface area contributed by atoms with E-state index in [2.05, 4.69) is 17.1 Å². The molecule has 16 heavy (non-hydrogen) atoms. The Morgan fingerprint density at radius 1 is 1.62 bits per heavy atom. The van der Waals surface area contributed by atoms with Gasteiger partial charge in [0.15, 0.2) is 5.69 Å². The van der Waals surface area contributed by atoms with Gasteiger partial charge in [-0.3, -0.25) is 5.10 Å². The molecule has 0 aromatic carbocycles. The fourth-order valence-corrected chi connectivity index (χ4v) is 3.26. The van der Waals surface area contributed by atoms with Crippen molar-refractivity contribution in [1.82, 2.24) is 10.2 Å². The number of hydrogen-bond acceptors (Lipinski definition) is 2. The zero-order valence-corrected chi connectivity index (χ0v) is 9.36. The number of aromatic carboxylic acids is 1. The number of aromatic amines is 1. The fourth-order valence-electron chi connectivity index (χ4n) is 3.26. The minimum atomic E-state index is -0.899. The first-order valence-electron chi connectivity index (χ1n) is 6.04. The van der Waals surface area contributed by atoms with Crippen molar-refractivity contribution >= 4 is 5.97 Å². The Balaban J connectivity index is 1.78. The summed E-state index contributed by atoms with van der Waals surface area (Å²) in [6, 6.07) is 0. The summed E-state index contributed by atoms with van der Waals surface area (Å²) in [6.45, 7) is 2.21. The lowest BCUT2D eigenvalue weighted by atomic mass is 10.0. The van der Waals surface area contributed by atoms with Crippen LogP contribution < -0.4 is 0 Å². The molecule has 2 aliphatic carbocycles. The van der Waals surface area contributed by atoms with Crippen LogP contribution in [0.15, 0.2) is 0 Å². The van der Waals surface area contributed by atoms with E-state index in [0.717, 1.165) is 23.6 Å². The molecular weight excluding hydrogens is 204 g/mol. The van der Waals surface area contributed by atoms with Crippen LogP contribution in [0.5, 0.6) is 0 Å². The minimum Gasteiger partial charge on any atom is -0.476 e. The van der Waals surface area contributed by atoms with E-state index >= 15 is 0 Å². The number of nitrogens with zero attached hydrogens (tertiary/aromatic N) is 1. The third-order valence-electron chi connectivity index (χ3n) is 4.10. The van der Waals surface area contributed by atoms with E-state index in [1.54, 1.807) is 0 Å². The van der Waals surface area contributed by atoms with Gasteiger partial charge in [-0.05, 0) is 24.7 Å². The summed E-state index contributed by atoms with van der Waals surface area (Å²) >= 11 is 0. The molecule has 1 saturated carbocycles. The Bertz CT molecular complexity index is 438. The maximum Gasteiger partial charge on any atom is 0.356 e. The molecule has 86 valence electrons. The fraction of sp³-hybridized carbons (Fsp3) is 0.667. The number of aromatic nitrogens is 2. The lowest BCUT2D eigenvalue weighted by Gasteiger charge is -2.02. The molecule has 2 aliphatic rings. The average Bonchev–Trinajstić information content (AvgIpc) is 2.60. The Morgan fingerprint density at radius 2 is 2.44 bits per heavy atom. The van der Waals surface area contributed by atoms with Gasteiger partial charge >= 0.3 is 5.97 Å². The predicted molar refractivity (Wildman–Crippen MR) is 58.5 cm³/mol. The number of carbonyl (C=O) groups is 1. The van der Waals surface area contributed by atoms with Crippen LogP contribution in [-0.2, 0) is 6.42 Å². The molecular formula is C12H16N2O2. The maximum atomic E-state index is 10.9. The van der Waals surface area contributed by atoms with Gasteiger partial charge in [0.1, 0.15) is 0 Å². The van der Waals surface area contributed by atoms with Crippen LogP contribution in [0.4, 0.5) is 0 Å². The van der Waals surface area contributed by atoms with Crippen molar-refractivity contribution in [3.8, 4) is 0 Å². The highest BCUT2D eigenvalue weighted by Gasteiger charge is 2.57. The smallest absolute Gasteiger partial charge is 0.356 e. The van der Waals surface area contributed by atoms with Gasteiger partial charge in [0.05, 0.1) is 0 Å². The number of carboxylic acid groups (broad SMARTS) is 1. The summed E-state index contributed by atoms with van der Waals surface area (Å²) in [5, 5.41) is 15.8. The van der Waals surface area contributed by atoms with Crippen molar-refractivity contribution in [2.75, 3.05) is 0 Å². The molecule has 1 aromatic rings. The summed E-state index contributed by atoms with van der Waals surface area (Å²) in [5.74, 6) is 1.18. The normalized spacial score (nSPS) is 29.9. The minimum absolute atomic E-state index is 0.247. The number of carboxylic acids is 1. The summed E-state index contributed by atoms with van der Waals surface area (Å²) < 4.78 is 0. The Morgan fingerprint density at radius 3 is 3.12 bits per heavy atom. The molecule has 1 fully saturated rings. The van der Waals surface area contributed by atoms with Crippen LogP contribution in [-0.4, -0.2) is 21.3 Å². The van der Waals surface area contributed by atoms with Gasteiger partial charge < -0.3 is 5.11 Å². The number of nitrogens with one attached hydrogen (secondary N) is 1. The number of hydrogen-bond donors (Lipinski definition) is 2. The molecule has 0 aliphatic heterocycles. The number of fused-ring (bicyclic) bond motifs is 3. The van der Waals surface area contributed by atoms with Crippen molar-refractivity contribution in [2.45, 2.75) is 38.5 Å². The van der Waals surface area contributed by atoms with Crippen LogP contribution >= 0.6 is 0 Å². The molecule has 2 N–H and O–H groups in total. The highest BCUT2D eigenvalue weighted by atomic mass is 16.4. The van der Waals surface area contributed by atoms with Crippen LogP contribution in [0, 0.1) is 11.8 Å². The number of unbranched alkanes of at least 4 members (excludes halogenated alkanes) is 1. The Labute approximate surface area is 94.1 Å². The molecule has 0 amide bonds. The summed E-state index contributed by atoms with van der Waals surface area (Å²) in [4.78, 5) is 10.9. The maximum absolute atomic E-state index is 10.9. The molecule has 4 nitrogen and oxygen atoms in total. The van der Waals surface area contributed by atoms with Crippen molar-refractivity contribution in [1.29, 1.82) is 0 Å². The molecule has 3 atom stereocenters. The van der Waals surface area contributed by atoms with Gasteiger partial charge in [0, 0.05) is 17.2 Å². The summed E-state index contributed by atoms with van der Waals surface area (Å²) in [7, 11) is 0. The second kappa shape index (κ2) is 3.34. The third kappa shape index (κ3) is 1.22. The second-order valence-corrected chi connectivity index (χ2v) is 4.97. The SMILES string of the molecule is CCCCC1[C@H]2c3[nH]nc(C(=O)O)c3C[C@@H]12.